The number of amides is 2. The van der Waals surface area contributed by atoms with Gasteiger partial charge in [-0.3, -0.25) is 20.4 Å². The highest BCUT2D eigenvalue weighted by molar-refractivity contribution is 9.10. The van der Waals surface area contributed by atoms with Crippen molar-refractivity contribution in [3.05, 3.63) is 34.3 Å². The molecule has 0 aliphatic heterocycles. The van der Waals surface area contributed by atoms with Gasteiger partial charge in [-0.05, 0) is 78.4 Å². The zero-order chi connectivity index (χ0) is 16.9. The third-order valence-electron chi connectivity index (χ3n) is 5.92. The van der Waals surface area contributed by atoms with E-state index in [2.05, 4.69) is 26.8 Å². The Balaban J connectivity index is 1.45. The summed E-state index contributed by atoms with van der Waals surface area (Å²) in [5.74, 6) is 0.358. The van der Waals surface area contributed by atoms with Crippen LogP contribution in [-0.2, 0) is 4.79 Å². The predicted molar refractivity (Wildman–Crippen MR) is 91.8 cm³/mol. The van der Waals surface area contributed by atoms with Crippen molar-refractivity contribution < 1.29 is 14.7 Å². The zero-order valence-electron chi connectivity index (χ0n) is 13.3. The number of rotatable bonds is 2. The molecule has 5 rings (SSSR count). The average Bonchev–Trinajstić information content (AvgIpc) is 2.50. The monoisotopic (exact) mass is 392 g/mol. The molecule has 4 atom stereocenters. The first-order chi connectivity index (χ1) is 11.4. The highest BCUT2D eigenvalue weighted by Crippen LogP contribution is 2.61. The summed E-state index contributed by atoms with van der Waals surface area (Å²) < 4.78 is 0.681. The van der Waals surface area contributed by atoms with Gasteiger partial charge >= 0.3 is 0 Å². The summed E-state index contributed by atoms with van der Waals surface area (Å²) in [6, 6.07) is 7.08. The number of carbonyl (C=O) groups is 2. The van der Waals surface area contributed by atoms with Crippen LogP contribution in [0.4, 0.5) is 0 Å². The molecule has 1 aromatic rings. The van der Waals surface area contributed by atoms with Crippen LogP contribution >= 0.6 is 15.9 Å². The average molecular weight is 393 g/mol. The fourth-order valence-electron chi connectivity index (χ4n) is 5.44. The fourth-order valence-corrected chi connectivity index (χ4v) is 5.90. The van der Waals surface area contributed by atoms with Gasteiger partial charge in [0.1, 0.15) is 0 Å². The second-order valence-corrected chi connectivity index (χ2v) is 8.71. The SMILES string of the molecule is O=C(NNC(=O)C12C[C@@H]3C[C@@H](CC(O)(C3)C1)C2)c1ccccc1Br. The van der Waals surface area contributed by atoms with Crippen LogP contribution < -0.4 is 10.9 Å². The van der Waals surface area contributed by atoms with Crippen LogP contribution in [0.1, 0.15) is 48.9 Å². The number of benzene rings is 1. The Bertz CT molecular complexity index is 691. The van der Waals surface area contributed by atoms with E-state index in [-0.39, 0.29) is 11.8 Å². The molecule has 0 radical (unpaired) electrons. The number of hydrazine groups is 1. The van der Waals surface area contributed by atoms with Gasteiger partial charge < -0.3 is 5.11 Å². The van der Waals surface area contributed by atoms with E-state index in [1.165, 1.54) is 0 Å². The molecule has 4 aliphatic carbocycles. The summed E-state index contributed by atoms with van der Waals surface area (Å²) in [6.07, 6.45) is 4.93. The second kappa shape index (κ2) is 5.56. The van der Waals surface area contributed by atoms with E-state index < -0.39 is 11.0 Å². The Morgan fingerprint density at radius 1 is 1.08 bits per heavy atom. The van der Waals surface area contributed by atoms with Crippen molar-refractivity contribution in [1.82, 2.24) is 10.9 Å². The van der Waals surface area contributed by atoms with Gasteiger partial charge in [0.2, 0.25) is 5.91 Å². The van der Waals surface area contributed by atoms with E-state index in [9.17, 15) is 14.7 Å². The summed E-state index contributed by atoms with van der Waals surface area (Å²) in [6.45, 7) is 0. The Hall–Kier alpha value is -1.40. The van der Waals surface area contributed by atoms with Crippen LogP contribution in [-0.4, -0.2) is 22.5 Å². The molecule has 2 amide bonds. The highest BCUT2D eigenvalue weighted by Gasteiger charge is 2.60. The van der Waals surface area contributed by atoms with Crippen molar-refractivity contribution in [2.45, 2.75) is 44.1 Å². The summed E-state index contributed by atoms with van der Waals surface area (Å²) in [4.78, 5) is 25.1. The van der Waals surface area contributed by atoms with Crippen LogP contribution in [0.25, 0.3) is 0 Å². The van der Waals surface area contributed by atoms with Crippen LogP contribution in [0.2, 0.25) is 0 Å². The molecule has 128 valence electrons. The van der Waals surface area contributed by atoms with Gasteiger partial charge in [-0.15, -0.1) is 0 Å². The maximum absolute atomic E-state index is 12.8. The fraction of sp³-hybridized carbons (Fsp3) is 0.556. The molecule has 0 heterocycles. The lowest BCUT2D eigenvalue weighted by Crippen LogP contribution is -2.61. The third kappa shape index (κ3) is 2.65. The first kappa shape index (κ1) is 16.1. The molecular weight excluding hydrogens is 372 g/mol. The van der Waals surface area contributed by atoms with Crippen molar-refractivity contribution >= 4 is 27.7 Å². The Labute approximate surface area is 149 Å². The van der Waals surface area contributed by atoms with Gasteiger partial charge in [-0.25, -0.2) is 0 Å². The second-order valence-electron chi connectivity index (χ2n) is 7.85. The zero-order valence-corrected chi connectivity index (χ0v) is 14.9. The first-order valence-corrected chi connectivity index (χ1v) is 9.26. The van der Waals surface area contributed by atoms with Crippen molar-refractivity contribution in [3.63, 3.8) is 0 Å². The largest absolute Gasteiger partial charge is 0.390 e. The van der Waals surface area contributed by atoms with Crippen LogP contribution in [0, 0.1) is 17.3 Å². The molecule has 24 heavy (non-hydrogen) atoms. The summed E-state index contributed by atoms with van der Waals surface area (Å²) in [7, 11) is 0. The summed E-state index contributed by atoms with van der Waals surface area (Å²) >= 11 is 3.34. The first-order valence-electron chi connectivity index (χ1n) is 8.47. The molecule has 4 fully saturated rings. The van der Waals surface area contributed by atoms with E-state index in [0.717, 1.165) is 32.1 Å². The molecule has 0 saturated heterocycles. The van der Waals surface area contributed by atoms with Crippen molar-refractivity contribution in [1.29, 1.82) is 0 Å². The minimum Gasteiger partial charge on any atom is -0.390 e. The van der Waals surface area contributed by atoms with Crippen molar-refractivity contribution in [2.24, 2.45) is 17.3 Å². The van der Waals surface area contributed by atoms with Gasteiger partial charge in [0, 0.05) is 4.47 Å². The summed E-state index contributed by atoms with van der Waals surface area (Å²) in [5.41, 5.74) is 4.40. The highest BCUT2D eigenvalue weighted by atomic mass is 79.9. The number of nitrogens with one attached hydrogen (secondary N) is 2. The van der Waals surface area contributed by atoms with E-state index in [1.807, 2.05) is 6.07 Å². The lowest BCUT2D eigenvalue weighted by molar-refractivity contribution is -0.178. The smallest absolute Gasteiger partial charge is 0.270 e. The van der Waals surface area contributed by atoms with Crippen molar-refractivity contribution in [3.8, 4) is 0 Å². The normalized spacial score (nSPS) is 36.4. The summed E-state index contributed by atoms with van der Waals surface area (Å²) in [5, 5.41) is 10.7. The molecule has 6 heteroatoms. The molecular formula is C18H21BrN2O3. The predicted octanol–water partition coefficient (Wildman–Crippen LogP) is 2.54. The molecule has 0 aromatic heterocycles. The van der Waals surface area contributed by atoms with E-state index >= 15 is 0 Å². The topological polar surface area (TPSA) is 78.4 Å². The van der Waals surface area contributed by atoms with Gasteiger partial charge in [0.25, 0.3) is 5.91 Å². The number of carbonyl (C=O) groups excluding carboxylic acids is 2. The number of hydrogen-bond donors (Lipinski definition) is 3. The minimum atomic E-state index is -0.687. The molecule has 2 unspecified atom stereocenters. The van der Waals surface area contributed by atoms with Gasteiger partial charge in [0.05, 0.1) is 16.6 Å². The Morgan fingerprint density at radius 3 is 2.38 bits per heavy atom. The minimum absolute atomic E-state index is 0.157. The van der Waals surface area contributed by atoms with Gasteiger partial charge in [-0.2, -0.15) is 0 Å². The lowest BCUT2D eigenvalue weighted by atomic mass is 9.47. The lowest BCUT2D eigenvalue weighted by Gasteiger charge is -2.59. The van der Waals surface area contributed by atoms with E-state index in [0.29, 0.717) is 28.3 Å². The number of aliphatic hydroxyl groups is 1. The Morgan fingerprint density at radius 2 is 1.75 bits per heavy atom. The van der Waals surface area contributed by atoms with Gasteiger partial charge in [0.15, 0.2) is 0 Å². The number of hydrogen-bond acceptors (Lipinski definition) is 3. The number of halogens is 1. The molecule has 5 nitrogen and oxygen atoms in total. The molecule has 1 aromatic carbocycles. The quantitative estimate of drug-likeness (QED) is 0.676. The van der Waals surface area contributed by atoms with E-state index in [4.69, 9.17) is 0 Å². The molecule has 4 saturated carbocycles. The maximum Gasteiger partial charge on any atom is 0.270 e. The molecule has 3 N–H and O–H groups in total. The Kier molecular flexibility index (Phi) is 3.73. The molecule has 4 bridgehead atoms. The molecule has 4 aliphatic rings. The maximum atomic E-state index is 12.8. The van der Waals surface area contributed by atoms with Crippen molar-refractivity contribution in [2.75, 3.05) is 0 Å². The standard InChI is InChI=1S/C18H21BrN2O3/c19-14-4-2-1-3-13(14)15(22)20-21-16(23)17-6-11-5-12(7-17)9-18(24,8-11)10-17/h1-4,11-12,24H,5-10H2,(H,20,22)(H,21,23)/t11-,12+,17?,18?. The van der Waals surface area contributed by atoms with Gasteiger partial charge in [-0.1, -0.05) is 12.1 Å². The van der Waals surface area contributed by atoms with Crippen LogP contribution in [0.5, 0.6) is 0 Å². The van der Waals surface area contributed by atoms with Crippen LogP contribution in [0.3, 0.4) is 0 Å². The van der Waals surface area contributed by atoms with E-state index in [1.54, 1.807) is 18.2 Å². The molecule has 0 spiro atoms. The third-order valence-corrected chi connectivity index (χ3v) is 6.61. The van der Waals surface area contributed by atoms with Crippen LogP contribution in [0.15, 0.2) is 28.7 Å².